The summed E-state index contributed by atoms with van der Waals surface area (Å²) in [5.41, 5.74) is 1.01. The molecule has 0 amide bonds. The second-order valence-corrected chi connectivity index (χ2v) is 5.16. The molecule has 1 aliphatic carbocycles. The average molecular weight is 277 g/mol. The first-order chi connectivity index (χ1) is 9.63. The zero-order valence-electron chi connectivity index (χ0n) is 10.7. The van der Waals surface area contributed by atoms with Gasteiger partial charge in [-0.2, -0.15) is 0 Å². The summed E-state index contributed by atoms with van der Waals surface area (Å²) < 4.78 is 39.8. The van der Waals surface area contributed by atoms with Crippen LogP contribution in [0.4, 0.5) is 18.9 Å². The molecule has 0 bridgehead atoms. The van der Waals surface area contributed by atoms with Crippen LogP contribution in [0.25, 0.3) is 0 Å². The summed E-state index contributed by atoms with van der Waals surface area (Å²) in [7, 11) is 0. The van der Waals surface area contributed by atoms with E-state index in [2.05, 4.69) is 5.32 Å². The lowest BCUT2D eigenvalue weighted by atomic mass is 9.76. The highest BCUT2D eigenvalue weighted by Crippen LogP contribution is 2.39. The van der Waals surface area contributed by atoms with Crippen LogP contribution in [-0.4, -0.2) is 6.04 Å². The van der Waals surface area contributed by atoms with Gasteiger partial charge in [0.15, 0.2) is 0 Å². The fourth-order valence-electron chi connectivity index (χ4n) is 2.58. The van der Waals surface area contributed by atoms with E-state index < -0.39 is 11.6 Å². The Kier molecular flexibility index (Phi) is 3.38. The van der Waals surface area contributed by atoms with E-state index in [0.717, 1.165) is 18.4 Å². The van der Waals surface area contributed by atoms with Crippen LogP contribution in [0.3, 0.4) is 0 Å². The van der Waals surface area contributed by atoms with Crippen LogP contribution in [-0.2, 0) is 0 Å². The highest BCUT2D eigenvalue weighted by atomic mass is 19.1. The summed E-state index contributed by atoms with van der Waals surface area (Å²) in [6.45, 7) is 0. The summed E-state index contributed by atoms with van der Waals surface area (Å²) in [5, 5.41) is 2.90. The molecule has 0 aliphatic heterocycles. The summed E-state index contributed by atoms with van der Waals surface area (Å²) in [6, 6.07) is 10.3. The maximum Gasteiger partial charge on any atom is 0.149 e. The van der Waals surface area contributed by atoms with Crippen molar-refractivity contribution in [1.82, 2.24) is 0 Å². The quantitative estimate of drug-likeness (QED) is 0.873. The van der Waals surface area contributed by atoms with Crippen molar-refractivity contribution in [2.45, 2.75) is 24.8 Å². The van der Waals surface area contributed by atoms with Crippen molar-refractivity contribution in [3.05, 3.63) is 65.5 Å². The monoisotopic (exact) mass is 277 g/mol. The highest BCUT2D eigenvalue weighted by Gasteiger charge is 2.31. The van der Waals surface area contributed by atoms with Crippen LogP contribution in [0.2, 0.25) is 0 Å². The number of hydrogen-bond acceptors (Lipinski definition) is 1. The minimum absolute atomic E-state index is 0.0523. The molecular formula is C16H14F3N. The summed E-state index contributed by atoms with van der Waals surface area (Å²) >= 11 is 0. The minimum Gasteiger partial charge on any atom is -0.378 e. The van der Waals surface area contributed by atoms with Crippen LogP contribution in [0.5, 0.6) is 0 Å². The molecule has 1 aliphatic rings. The average Bonchev–Trinajstić information content (AvgIpc) is 2.38. The van der Waals surface area contributed by atoms with Gasteiger partial charge in [0.2, 0.25) is 0 Å². The number of anilines is 1. The first-order valence-corrected chi connectivity index (χ1v) is 6.59. The largest absolute Gasteiger partial charge is 0.378 e. The second kappa shape index (κ2) is 5.19. The molecule has 1 saturated carbocycles. The van der Waals surface area contributed by atoms with Gasteiger partial charge in [-0.25, -0.2) is 13.2 Å². The van der Waals surface area contributed by atoms with E-state index in [-0.39, 0.29) is 17.5 Å². The van der Waals surface area contributed by atoms with Gasteiger partial charge >= 0.3 is 0 Å². The zero-order chi connectivity index (χ0) is 14.1. The Morgan fingerprint density at radius 3 is 2.05 bits per heavy atom. The van der Waals surface area contributed by atoms with Crippen LogP contribution in [0.15, 0.2) is 42.5 Å². The van der Waals surface area contributed by atoms with E-state index in [1.54, 1.807) is 12.1 Å². The van der Waals surface area contributed by atoms with Crippen molar-refractivity contribution in [2.75, 3.05) is 5.32 Å². The van der Waals surface area contributed by atoms with Gasteiger partial charge in [-0.3, -0.25) is 0 Å². The number of rotatable bonds is 3. The van der Waals surface area contributed by atoms with Gasteiger partial charge in [0.1, 0.15) is 23.1 Å². The Hall–Kier alpha value is -1.97. The number of benzene rings is 2. The normalized spacial score (nSPS) is 21.4. The van der Waals surface area contributed by atoms with Gasteiger partial charge in [0.25, 0.3) is 0 Å². The fraction of sp³-hybridized carbons (Fsp3) is 0.250. The molecule has 3 rings (SSSR count). The Balaban J connectivity index is 1.62. The van der Waals surface area contributed by atoms with Crippen molar-refractivity contribution in [2.24, 2.45) is 0 Å². The van der Waals surface area contributed by atoms with Gasteiger partial charge in [-0.15, -0.1) is 0 Å². The third-order valence-corrected chi connectivity index (χ3v) is 3.79. The number of para-hydroxylation sites is 1. The summed E-state index contributed by atoms with van der Waals surface area (Å²) in [4.78, 5) is 0. The van der Waals surface area contributed by atoms with E-state index in [1.165, 1.54) is 30.3 Å². The minimum atomic E-state index is -0.574. The third kappa shape index (κ3) is 2.50. The molecule has 1 nitrogen and oxygen atoms in total. The number of halogens is 3. The lowest BCUT2D eigenvalue weighted by Crippen LogP contribution is -2.34. The first-order valence-electron chi connectivity index (χ1n) is 6.59. The molecule has 0 atom stereocenters. The molecule has 2 aromatic rings. The third-order valence-electron chi connectivity index (χ3n) is 3.79. The van der Waals surface area contributed by atoms with E-state index in [1.807, 2.05) is 0 Å². The van der Waals surface area contributed by atoms with Crippen LogP contribution >= 0.6 is 0 Å². The Morgan fingerprint density at radius 2 is 1.45 bits per heavy atom. The number of hydrogen-bond donors (Lipinski definition) is 1. The number of nitrogens with one attached hydrogen (secondary N) is 1. The molecule has 1 N–H and O–H groups in total. The standard InChI is InChI=1S/C16H14F3N/c17-12-6-4-10(5-7-12)11-8-13(9-11)20-16-14(18)2-1-3-15(16)19/h1-7,11,13,20H,8-9H2. The van der Waals surface area contributed by atoms with Crippen molar-refractivity contribution in [3.8, 4) is 0 Å². The smallest absolute Gasteiger partial charge is 0.149 e. The van der Waals surface area contributed by atoms with E-state index in [0.29, 0.717) is 5.92 Å². The van der Waals surface area contributed by atoms with E-state index in [4.69, 9.17) is 0 Å². The lowest BCUT2D eigenvalue weighted by Gasteiger charge is -2.37. The molecule has 0 aromatic heterocycles. The maximum absolute atomic E-state index is 13.5. The zero-order valence-corrected chi connectivity index (χ0v) is 10.7. The molecule has 4 heteroatoms. The SMILES string of the molecule is Fc1ccc(C2CC(Nc3c(F)cccc3F)C2)cc1. The van der Waals surface area contributed by atoms with Gasteiger partial charge in [-0.1, -0.05) is 18.2 Å². The fourth-order valence-corrected chi connectivity index (χ4v) is 2.58. The van der Waals surface area contributed by atoms with Crippen molar-refractivity contribution in [1.29, 1.82) is 0 Å². The van der Waals surface area contributed by atoms with Crippen LogP contribution in [0, 0.1) is 17.5 Å². The van der Waals surface area contributed by atoms with Gasteiger partial charge in [0.05, 0.1) is 0 Å². The van der Waals surface area contributed by atoms with E-state index in [9.17, 15) is 13.2 Å². The van der Waals surface area contributed by atoms with Gasteiger partial charge < -0.3 is 5.32 Å². The molecule has 0 heterocycles. The molecule has 20 heavy (non-hydrogen) atoms. The van der Waals surface area contributed by atoms with Crippen LogP contribution < -0.4 is 5.32 Å². The van der Waals surface area contributed by atoms with Crippen LogP contribution in [0.1, 0.15) is 24.3 Å². The van der Waals surface area contributed by atoms with Gasteiger partial charge in [0, 0.05) is 6.04 Å². The predicted molar refractivity (Wildman–Crippen MR) is 72.1 cm³/mol. The Labute approximate surface area is 115 Å². The van der Waals surface area contributed by atoms with Gasteiger partial charge in [-0.05, 0) is 48.6 Å². The molecular weight excluding hydrogens is 263 g/mol. The molecule has 0 radical (unpaired) electrons. The Morgan fingerprint density at radius 1 is 0.850 bits per heavy atom. The maximum atomic E-state index is 13.5. The highest BCUT2D eigenvalue weighted by molar-refractivity contribution is 5.47. The van der Waals surface area contributed by atoms with Crippen molar-refractivity contribution in [3.63, 3.8) is 0 Å². The molecule has 104 valence electrons. The predicted octanol–water partition coefficient (Wildman–Crippen LogP) is 4.46. The lowest BCUT2D eigenvalue weighted by molar-refractivity contribution is 0.371. The molecule has 1 fully saturated rings. The topological polar surface area (TPSA) is 12.0 Å². The summed E-state index contributed by atoms with van der Waals surface area (Å²) in [5.74, 6) is -1.08. The molecule has 2 aromatic carbocycles. The van der Waals surface area contributed by atoms with Crippen molar-refractivity contribution >= 4 is 5.69 Å². The first kappa shape index (κ1) is 13.0. The second-order valence-electron chi connectivity index (χ2n) is 5.16. The summed E-state index contributed by atoms with van der Waals surface area (Å²) in [6.07, 6.45) is 1.58. The molecule has 0 unspecified atom stereocenters. The van der Waals surface area contributed by atoms with E-state index >= 15 is 0 Å². The van der Waals surface area contributed by atoms with Crippen molar-refractivity contribution < 1.29 is 13.2 Å². The molecule has 0 saturated heterocycles. The Bertz CT molecular complexity index is 583. The molecule has 0 spiro atoms.